The van der Waals surface area contributed by atoms with Crippen LogP contribution in [0, 0.1) is 4.77 Å². The van der Waals surface area contributed by atoms with Crippen molar-refractivity contribution in [1.82, 2.24) is 14.7 Å². The predicted molar refractivity (Wildman–Crippen MR) is 67.7 cm³/mol. The van der Waals surface area contributed by atoms with E-state index in [9.17, 15) is 0 Å². The first-order valence-electron chi connectivity index (χ1n) is 5.02. The number of nitrogens with zero attached hydrogens (tertiary/aromatic N) is 2. The number of hydrogen-bond donors (Lipinski definition) is 1. The van der Waals surface area contributed by atoms with E-state index in [-0.39, 0.29) is 0 Å². The third-order valence-corrected chi connectivity index (χ3v) is 3.10. The zero-order valence-electron chi connectivity index (χ0n) is 8.68. The standard InChI is InChI=1S/C11H8ClN3OS/c12-7-1-2-9-10(5-7)15(11(17)14-9)6-8-3-4-13-16-8/h1-5H,6H2,(H,14,17). The molecule has 0 aliphatic heterocycles. The van der Waals surface area contributed by atoms with Crippen LogP contribution in [0.15, 0.2) is 35.0 Å². The zero-order chi connectivity index (χ0) is 11.8. The largest absolute Gasteiger partial charge is 0.359 e. The minimum absolute atomic E-state index is 0.541. The quantitative estimate of drug-likeness (QED) is 0.723. The topological polar surface area (TPSA) is 46.8 Å². The molecule has 4 nitrogen and oxygen atoms in total. The Hall–Kier alpha value is -1.59. The van der Waals surface area contributed by atoms with Crippen LogP contribution >= 0.6 is 23.8 Å². The predicted octanol–water partition coefficient (Wildman–Crippen LogP) is 3.39. The fourth-order valence-electron chi connectivity index (χ4n) is 1.76. The van der Waals surface area contributed by atoms with Gasteiger partial charge in [0.25, 0.3) is 0 Å². The summed E-state index contributed by atoms with van der Waals surface area (Å²) in [6.07, 6.45) is 1.61. The number of aromatic amines is 1. The Kier molecular flexibility index (Phi) is 2.49. The molecule has 0 amide bonds. The van der Waals surface area contributed by atoms with Crippen molar-refractivity contribution in [1.29, 1.82) is 0 Å². The van der Waals surface area contributed by atoms with Gasteiger partial charge < -0.3 is 14.1 Å². The highest BCUT2D eigenvalue weighted by atomic mass is 35.5. The molecule has 17 heavy (non-hydrogen) atoms. The van der Waals surface area contributed by atoms with Crippen LogP contribution in [0.3, 0.4) is 0 Å². The molecular formula is C11H8ClN3OS. The van der Waals surface area contributed by atoms with Crippen molar-refractivity contribution >= 4 is 34.9 Å². The maximum absolute atomic E-state index is 5.98. The van der Waals surface area contributed by atoms with Crippen LogP contribution in [0.2, 0.25) is 5.02 Å². The SMILES string of the molecule is S=c1[nH]c2ccc(Cl)cc2n1Cc1ccno1. The molecule has 0 saturated carbocycles. The second kappa shape index (κ2) is 4.01. The molecule has 0 spiro atoms. The molecule has 86 valence electrons. The molecule has 2 heterocycles. The molecule has 2 aromatic heterocycles. The number of rotatable bonds is 2. The summed E-state index contributed by atoms with van der Waals surface area (Å²) < 4.78 is 7.64. The van der Waals surface area contributed by atoms with Gasteiger partial charge in [0, 0.05) is 11.1 Å². The number of H-pyrrole nitrogens is 1. The van der Waals surface area contributed by atoms with Crippen LogP contribution in [0.4, 0.5) is 0 Å². The van der Waals surface area contributed by atoms with E-state index in [1.807, 2.05) is 28.8 Å². The van der Waals surface area contributed by atoms with Crippen molar-refractivity contribution in [3.8, 4) is 0 Å². The average Bonchev–Trinajstić information content (AvgIpc) is 2.90. The highest BCUT2D eigenvalue weighted by molar-refractivity contribution is 7.71. The van der Waals surface area contributed by atoms with Crippen LogP contribution in [0.5, 0.6) is 0 Å². The second-order valence-electron chi connectivity index (χ2n) is 3.66. The molecule has 0 unspecified atom stereocenters. The van der Waals surface area contributed by atoms with Crippen LogP contribution in [0.1, 0.15) is 5.76 Å². The number of fused-ring (bicyclic) bond motifs is 1. The third kappa shape index (κ3) is 1.87. The first-order valence-corrected chi connectivity index (χ1v) is 5.80. The maximum Gasteiger partial charge on any atom is 0.178 e. The lowest BCUT2D eigenvalue weighted by molar-refractivity contribution is 0.377. The molecule has 0 bridgehead atoms. The molecular weight excluding hydrogens is 258 g/mol. The summed E-state index contributed by atoms with van der Waals surface area (Å²) in [6, 6.07) is 7.42. The van der Waals surface area contributed by atoms with Gasteiger partial charge in [-0.05, 0) is 30.4 Å². The van der Waals surface area contributed by atoms with Crippen molar-refractivity contribution in [2.24, 2.45) is 0 Å². The molecule has 0 aliphatic carbocycles. The Bertz CT molecular complexity index is 714. The first-order chi connectivity index (χ1) is 8.24. The van der Waals surface area contributed by atoms with Crippen LogP contribution in [-0.4, -0.2) is 14.7 Å². The fourth-order valence-corrected chi connectivity index (χ4v) is 2.20. The Labute approximate surface area is 107 Å². The van der Waals surface area contributed by atoms with Crippen LogP contribution in [0.25, 0.3) is 11.0 Å². The molecule has 0 fully saturated rings. The van der Waals surface area contributed by atoms with Crippen LogP contribution in [-0.2, 0) is 6.54 Å². The minimum Gasteiger partial charge on any atom is -0.359 e. The van der Waals surface area contributed by atoms with Crippen molar-refractivity contribution in [2.45, 2.75) is 6.54 Å². The van der Waals surface area contributed by atoms with Crippen molar-refractivity contribution < 1.29 is 4.52 Å². The highest BCUT2D eigenvalue weighted by Crippen LogP contribution is 2.20. The summed E-state index contributed by atoms with van der Waals surface area (Å²) in [6.45, 7) is 0.541. The smallest absolute Gasteiger partial charge is 0.178 e. The number of halogens is 1. The normalized spacial score (nSPS) is 11.1. The van der Waals surface area contributed by atoms with Gasteiger partial charge in [-0.15, -0.1) is 0 Å². The van der Waals surface area contributed by atoms with Gasteiger partial charge in [-0.3, -0.25) is 0 Å². The lowest BCUT2D eigenvalue weighted by atomic mass is 10.3. The van der Waals surface area contributed by atoms with Gasteiger partial charge in [0.2, 0.25) is 0 Å². The van der Waals surface area contributed by atoms with Gasteiger partial charge in [0.1, 0.15) is 0 Å². The minimum atomic E-state index is 0.541. The summed E-state index contributed by atoms with van der Waals surface area (Å²) in [4.78, 5) is 3.12. The van der Waals surface area contributed by atoms with Gasteiger partial charge in [-0.25, -0.2) is 0 Å². The first kappa shape index (κ1) is 10.6. The number of nitrogens with one attached hydrogen (secondary N) is 1. The van der Waals surface area contributed by atoms with E-state index in [4.69, 9.17) is 28.3 Å². The van der Waals surface area contributed by atoms with Gasteiger partial charge in [-0.1, -0.05) is 16.8 Å². The number of benzene rings is 1. The Balaban J connectivity index is 2.17. The number of hydrogen-bond acceptors (Lipinski definition) is 3. The van der Waals surface area contributed by atoms with Gasteiger partial charge in [-0.2, -0.15) is 0 Å². The monoisotopic (exact) mass is 265 g/mol. The highest BCUT2D eigenvalue weighted by Gasteiger charge is 2.07. The number of aromatic nitrogens is 3. The summed E-state index contributed by atoms with van der Waals surface area (Å²) in [7, 11) is 0. The van der Waals surface area contributed by atoms with Gasteiger partial charge >= 0.3 is 0 Å². The summed E-state index contributed by atoms with van der Waals surface area (Å²) >= 11 is 11.3. The molecule has 0 radical (unpaired) electrons. The van der Waals surface area contributed by atoms with E-state index >= 15 is 0 Å². The molecule has 0 aliphatic rings. The number of imidazole rings is 1. The van der Waals surface area contributed by atoms with E-state index in [0.717, 1.165) is 16.8 Å². The van der Waals surface area contributed by atoms with Gasteiger partial charge in [0.05, 0.1) is 23.8 Å². The van der Waals surface area contributed by atoms with Crippen molar-refractivity contribution in [2.75, 3.05) is 0 Å². The Morgan fingerprint density at radius 3 is 3.06 bits per heavy atom. The van der Waals surface area contributed by atoms with E-state index in [2.05, 4.69) is 10.1 Å². The lowest BCUT2D eigenvalue weighted by Gasteiger charge is -2.01. The fraction of sp³-hybridized carbons (Fsp3) is 0.0909. The molecule has 3 rings (SSSR count). The van der Waals surface area contributed by atoms with Gasteiger partial charge in [0.15, 0.2) is 10.5 Å². The molecule has 0 atom stereocenters. The van der Waals surface area contributed by atoms with E-state index < -0.39 is 0 Å². The summed E-state index contributed by atoms with van der Waals surface area (Å²) in [5, 5.41) is 4.35. The lowest BCUT2D eigenvalue weighted by Crippen LogP contribution is -1.98. The average molecular weight is 266 g/mol. The van der Waals surface area contributed by atoms with E-state index in [0.29, 0.717) is 16.3 Å². The summed E-state index contributed by atoms with van der Waals surface area (Å²) in [5.41, 5.74) is 1.91. The molecule has 0 saturated heterocycles. The Morgan fingerprint density at radius 2 is 2.29 bits per heavy atom. The van der Waals surface area contributed by atoms with Crippen LogP contribution < -0.4 is 0 Å². The molecule has 3 aromatic rings. The van der Waals surface area contributed by atoms with Crippen molar-refractivity contribution in [3.05, 3.63) is 46.0 Å². The Morgan fingerprint density at radius 1 is 1.41 bits per heavy atom. The van der Waals surface area contributed by atoms with Crippen molar-refractivity contribution in [3.63, 3.8) is 0 Å². The zero-order valence-corrected chi connectivity index (χ0v) is 10.3. The molecule has 1 N–H and O–H groups in total. The maximum atomic E-state index is 5.98. The summed E-state index contributed by atoms with van der Waals surface area (Å²) in [5.74, 6) is 0.752. The molecule has 6 heteroatoms. The molecule has 1 aromatic carbocycles. The third-order valence-electron chi connectivity index (χ3n) is 2.54. The van der Waals surface area contributed by atoms with E-state index in [1.54, 1.807) is 6.20 Å². The van der Waals surface area contributed by atoms with E-state index in [1.165, 1.54) is 0 Å². The second-order valence-corrected chi connectivity index (χ2v) is 4.48.